The molecule has 1 aromatic carbocycles. The molecule has 0 aromatic heterocycles. The topological polar surface area (TPSA) is 80.5 Å². The molecule has 1 heterocycles. The number of sulfone groups is 1. The molecule has 5 nitrogen and oxygen atoms in total. The molecule has 0 bridgehead atoms. The Kier molecular flexibility index (Phi) is 7.25. The quantitative estimate of drug-likeness (QED) is 0.851. The van der Waals surface area contributed by atoms with Gasteiger partial charge in [0.2, 0.25) is 5.91 Å². The van der Waals surface area contributed by atoms with Gasteiger partial charge < -0.3 is 10.6 Å². The number of amides is 1. The molecule has 0 saturated carbocycles. The number of rotatable bonds is 5. The van der Waals surface area contributed by atoms with Crippen molar-refractivity contribution in [2.75, 3.05) is 25.1 Å². The van der Waals surface area contributed by atoms with Crippen molar-refractivity contribution in [3.05, 3.63) is 35.9 Å². The lowest BCUT2D eigenvalue weighted by Crippen LogP contribution is -2.52. The Hall–Kier alpha value is -1.11. The van der Waals surface area contributed by atoms with Gasteiger partial charge in [-0.05, 0) is 24.8 Å². The summed E-state index contributed by atoms with van der Waals surface area (Å²) in [6.07, 6.45) is 3.29. The monoisotopic (exact) mass is 374 g/mol. The normalized spacial score (nSPS) is 22.5. The summed E-state index contributed by atoms with van der Waals surface area (Å²) in [5.74, 6) is -0.195. The van der Waals surface area contributed by atoms with Crippen LogP contribution in [0.25, 0.3) is 0 Å². The number of carbonyl (C=O) groups excluding carboxylic acids is 1. The van der Waals surface area contributed by atoms with Crippen molar-refractivity contribution < 1.29 is 13.2 Å². The molecule has 1 aromatic rings. The van der Waals surface area contributed by atoms with Crippen LogP contribution in [0.2, 0.25) is 0 Å². The van der Waals surface area contributed by atoms with Crippen LogP contribution in [0.5, 0.6) is 0 Å². The van der Waals surface area contributed by atoms with Gasteiger partial charge in [0.25, 0.3) is 0 Å². The molecule has 0 spiro atoms. The van der Waals surface area contributed by atoms with E-state index in [1.54, 1.807) is 4.90 Å². The molecule has 1 aliphatic heterocycles. The van der Waals surface area contributed by atoms with Gasteiger partial charge in [0.05, 0.1) is 11.8 Å². The SMILES string of the molecule is CC1(c2ccccc2)CCCN(C(=O)C(N)CCS(C)(=O)=O)C1.Cl. The lowest BCUT2D eigenvalue weighted by molar-refractivity contribution is -0.134. The number of piperidine rings is 1. The first-order chi connectivity index (χ1) is 10.7. The van der Waals surface area contributed by atoms with Crippen LogP contribution in [0.1, 0.15) is 31.7 Å². The summed E-state index contributed by atoms with van der Waals surface area (Å²) in [4.78, 5) is 14.3. The van der Waals surface area contributed by atoms with Gasteiger partial charge in [-0.15, -0.1) is 12.4 Å². The average molecular weight is 375 g/mol. The zero-order chi connectivity index (χ0) is 17.1. The molecule has 136 valence electrons. The third kappa shape index (κ3) is 5.46. The summed E-state index contributed by atoms with van der Waals surface area (Å²) in [6.45, 7) is 3.49. The minimum Gasteiger partial charge on any atom is -0.340 e. The largest absolute Gasteiger partial charge is 0.340 e. The van der Waals surface area contributed by atoms with E-state index in [0.29, 0.717) is 13.1 Å². The number of hydrogen-bond acceptors (Lipinski definition) is 4. The number of halogens is 1. The Morgan fingerprint density at radius 2 is 1.96 bits per heavy atom. The summed E-state index contributed by atoms with van der Waals surface area (Å²) in [5, 5.41) is 0. The maximum atomic E-state index is 12.5. The number of nitrogens with two attached hydrogens (primary N) is 1. The number of hydrogen-bond donors (Lipinski definition) is 1. The summed E-state index contributed by atoms with van der Waals surface area (Å²) in [6, 6.07) is 9.45. The number of carbonyl (C=O) groups is 1. The molecular weight excluding hydrogens is 348 g/mol. The fourth-order valence-corrected chi connectivity index (χ4v) is 3.88. The summed E-state index contributed by atoms with van der Waals surface area (Å²) in [5.41, 5.74) is 7.07. The Bertz CT molecular complexity index is 651. The minimum atomic E-state index is -3.10. The molecule has 1 saturated heterocycles. The minimum absolute atomic E-state index is 0. The lowest BCUT2D eigenvalue weighted by Gasteiger charge is -2.41. The van der Waals surface area contributed by atoms with Crippen LogP contribution in [0.3, 0.4) is 0 Å². The predicted octanol–water partition coefficient (Wildman–Crippen LogP) is 1.75. The Morgan fingerprint density at radius 1 is 1.33 bits per heavy atom. The Morgan fingerprint density at radius 3 is 2.54 bits per heavy atom. The van der Waals surface area contributed by atoms with E-state index >= 15 is 0 Å². The molecule has 1 fully saturated rings. The molecule has 1 aliphatic rings. The summed E-state index contributed by atoms with van der Waals surface area (Å²) in [7, 11) is -3.10. The van der Waals surface area contributed by atoms with Gasteiger partial charge in [0.1, 0.15) is 9.84 Å². The number of benzene rings is 1. The van der Waals surface area contributed by atoms with Gasteiger partial charge in [0, 0.05) is 24.8 Å². The van der Waals surface area contributed by atoms with Gasteiger partial charge in [-0.2, -0.15) is 0 Å². The van der Waals surface area contributed by atoms with Crippen molar-refractivity contribution in [2.45, 2.75) is 37.6 Å². The number of likely N-dealkylation sites (tertiary alicyclic amines) is 1. The van der Waals surface area contributed by atoms with E-state index in [2.05, 4.69) is 19.1 Å². The van der Waals surface area contributed by atoms with Gasteiger partial charge in [-0.25, -0.2) is 8.42 Å². The Balaban J connectivity index is 0.00000288. The van der Waals surface area contributed by atoms with E-state index in [1.165, 1.54) is 5.56 Å². The predicted molar refractivity (Wildman–Crippen MR) is 99.2 cm³/mol. The third-order valence-electron chi connectivity index (χ3n) is 4.60. The van der Waals surface area contributed by atoms with Gasteiger partial charge >= 0.3 is 0 Å². The standard InChI is InChI=1S/C17H26N2O3S.ClH/c1-17(14-7-4-3-5-8-14)10-6-11-19(13-17)16(20)15(18)9-12-23(2,21)22;/h3-5,7-8,15H,6,9-13,18H2,1-2H3;1H. The zero-order valence-corrected chi connectivity index (χ0v) is 15.9. The molecule has 24 heavy (non-hydrogen) atoms. The van der Waals surface area contributed by atoms with E-state index in [9.17, 15) is 13.2 Å². The smallest absolute Gasteiger partial charge is 0.239 e. The van der Waals surface area contributed by atoms with E-state index in [1.807, 2.05) is 18.2 Å². The van der Waals surface area contributed by atoms with Gasteiger partial charge in [0.15, 0.2) is 0 Å². The first kappa shape index (κ1) is 20.9. The summed E-state index contributed by atoms with van der Waals surface area (Å²) >= 11 is 0. The van der Waals surface area contributed by atoms with E-state index in [4.69, 9.17) is 5.73 Å². The van der Waals surface area contributed by atoms with Crippen LogP contribution in [0.4, 0.5) is 0 Å². The van der Waals surface area contributed by atoms with Crippen LogP contribution in [-0.2, 0) is 20.0 Å². The first-order valence-electron chi connectivity index (χ1n) is 7.99. The number of nitrogens with zero attached hydrogens (tertiary/aromatic N) is 1. The highest BCUT2D eigenvalue weighted by Gasteiger charge is 2.35. The fraction of sp³-hybridized carbons (Fsp3) is 0.588. The van der Waals surface area contributed by atoms with Crippen LogP contribution in [0, 0.1) is 0 Å². The van der Waals surface area contributed by atoms with Crippen LogP contribution in [-0.4, -0.2) is 50.4 Å². The first-order valence-corrected chi connectivity index (χ1v) is 10.0. The van der Waals surface area contributed by atoms with E-state index in [0.717, 1.165) is 19.1 Å². The van der Waals surface area contributed by atoms with Crippen molar-refractivity contribution in [3.8, 4) is 0 Å². The Labute approximate surface area is 150 Å². The third-order valence-corrected chi connectivity index (χ3v) is 5.57. The molecule has 0 radical (unpaired) electrons. The second-order valence-electron chi connectivity index (χ2n) is 6.82. The van der Waals surface area contributed by atoms with Crippen molar-refractivity contribution in [1.82, 2.24) is 4.90 Å². The molecular formula is C17H27ClN2O3S. The van der Waals surface area contributed by atoms with Crippen molar-refractivity contribution in [2.24, 2.45) is 5.73 Å². The van der Waals surface area contributed by atoms with E-state index < -0.39 is 15.9 Å². The van der Waals surface area contributed by atoms with Crippen LogP contribution < -0.4 is 5.73 Å². The lowest BCUT2D eigenvalue weighted by atomic mass is 9.76. The summed E-state index contributed by atoms with van der Waals surface area (Å²) < 4.78 is 22.5. The molecule has 1 amide bonds. The van der Waals surface area contributed by atoms with Crippen molar-refractivity contribution in [3.63, 3.8) is 0 Å². The highest BCUT2D eigenvalue weighted by molar-refractivity contribution is 7.90. The van der Waals surface area contributed by atoms with Crippen molar-refractivity contribution in [1.29, 1.82) is 0 Å². The van der Waals surface area contributed by atoms with Gasteiger partial charge in [-0.1, -0.05) is 37.3 Å². The highest BCUT2D eigenvalue weighted by Crippen LogP contribution is 2.33. The van der Waals surface area contributed by atoms with Crippen LogP contribution >= 0.6 is 12.4 Å². The zero-order valence-electron chi connectivity index (χ0n) is 14.3. The molecule has 2 atom stereocenters. The average Bonchev–Trinajstić information content (AvgIpc) is 2.52. The second-order valence-corrected chi connectivity index (χ2v) is 9.07. The second kappa shape index (κ2) is 8.32. The molecule has 7 heteroatoms. The maximum Gasteiger partial charge on any atom is 0.239 e. The molecule has 2 rings (SSSR count). The van der Waals surface area contributed by atoms with Crippen molar-refractivity contribution >= 4 is 28.2 Å². The van der Waals surface area contributed by atoms with Crippen LogP contribution in [0.15, 0.2) is 30.3 Å². The fourth-order valence-electron chi connectivity index (χ4n) is 3.20. The molecule has 2 N–H and O–H groups in total. The molecule has 2 unspecified atom stereocenters. The maximum absolute atomic E-state index is 12.5. The van der Waals surface area contributed by atoms with Gasteiger partial charge in [-0.3, -0.25) is 4.79 Å². The highest BCUT2D eigenvalue weighted by atomic mass is 35.5. The van der Waals surface area contributed by atoms with E-state index in [-0.39, 0.29) is 35.9 Å². The molecule has 0 aliphatic carbocycles.